The maximum Gasteiger partial charge on any atom is 0.335 e. The molecule has 0 bridgehead atoms. The number of halogens is 2. The first-order chi connectivity index (χ1) is 13.3. The summed E-state index contributed by atoms with van der Waals surface area (Å²) in [6, 6.07) is 8.54. The summed E-state index contributed by atoms with van der Waals surface area (Å²) in [5.74, 6) is -0.761. The van der Waals surface area contributed by atoms with Gasteiger partial charge in [-0.05, 0) is 48.6 Å². The van der Waals surface area contributed by atoms with Gasteiger partial charge >= 0.3 is 5.97 Å². The largest absolute Gasteiger partial charge is 0.478 e. The van der Waals surface area contributed by atoms with E-state index in [0.29, 0.717) is 11.5 Å². The minimum atomic E-state index is -1.13. The van der Waals surface area contributed by atoms with Gasteiger partial charge in [-0.25, -0.2) is 4.79 Å². The van der Waals surface area contributed by atoms with Crippen LogP contribution >= 0.6 is 23.2 Å². The Kier molecular flexibility index (Phi) is 6.63. The molecule has 1 saturated carbocycles. The lowest BCUT2D eigenvalue weighted by Gasteiger charge is -2.22. The predicted molar refractivity (Wildman–Crippen MR) is 113 cm³/mol. The molecule has 2 aromatic rings. The number of aryl methyl sites for hydroxylation is 1. The van der Waals surface area contributed by atoms with Crippen molar-refractivity contribution in [2.24, 2.45) is 5.92 Å². The van der Waals surface area contributed by atoms with Gasteiger partial charge in [0.05, 0.1) is 21.3 Å². The van der Waals surface area contributed by atoms with E-state index in [4.69, 9.17) is 28.3 Å². The highest BCUT2D eigenvalue weighted by Gasteiger charge is 2.18. The molecule has 0 aromatic heterocycles. The molecule has 0 unspecified atom stereocenters. The Bertz CT molecular complexity index is 882. The number of benzene rings is 2. The molecule has 3 rings (SSSR count). The van der Waals surface area contributed by atoms with Crippen LogP contribution in [0.3, 0.4) is 0 Å². The summed E-state index contributed by atoms with van der Waals surface area (Å²) in [5, 5.41) is 12.0. The van der Waals surface area contributed by atoms with Crippen LogP contribution < -0.4 is 5.32 Å². The number of aromatic carboxylic acids is 1. The van der Waals surface area contributed by atoms with Crippen LogP contribution in [0.1, 0.15) is 63.9 Å². The van der Waals surface area contributed by atoms with Gasteiger partial charge in [-0.15, -0.1) is 0 Å². The SMILES string of the molecule is Cc1ccc(CC2CCCCC2)cc1C(=O)Nc1c(Cl)cc(C(=O)O)cc1Cl. The number of nitrogens with one attached hydrogen (secondary N) is 1. The number of carbonyl (C=O) groups is 2. The van der Waals surface area contributed by atoms with Crippen LogP contribution in [0.4, 0.5) is 5.69 Å². The third-order valence-electron chi connectivity index (χ3n) is 5.32. The van der Waals surface area contributed by atoms with Crippen molar-refractivity contribution in [3.63, 3.8) is 0 Å². The maximum atomic E-state index is 12.9. The van der Waals surface area contributed by atoms with Gasteiger partial charge in [-0.3, -0.25) is 4.79 Å². The van der Waals surface area contributed by atoms with Crippen LogP contribution in [-0.2, 0) is 6.42 Å². The standard InChI is InChI=1S/C22H23Cl2NO3/c1-13-7-8-15(9-14-5-3-2-4-6-14)10-17(13)21(26)25-20-18(23)11-16(22(27)28)12-19(20)24/h7-8,10-12,14H,2-6,9H2,1H3,(H,25,26)(H,27,28). The molecule has 1 aliphatic rings. The molecule has 2 N–H and O–H groups in total. The first-order valence-corrected chi connectivity index (χ1v) is 10.2. The van der Waals surface area contributed by atoms with E-state index < -0.39 is 5.97 Å². The number of rotatable bonds is 5. The average molecular weight is 420 g/mol. The van der Waals surface area contributed by atoms with E-state index in [-0.39, 0.29) is 27.2 Å². The van der Waals surface area contributed by atoms with Gasteiger partial charge in [0, 0.05) is 5.56 Å². The molecule has 1 aliphatic carbocycles. The van der Waals surface area contributed by atoms with Crippen molar-refractivity contribution in [3.05, 3.63) is 62.6 Å². The summed E-state index contributed by atoms with van der Waals surface area (Å²) < 4.78 is 0. The fraction of sp³-hybridized carbons (Fsp3) is 0.364. The Labute approximate surface area is 174 Å². The van der Waals surface area contributed by atoms with E-state index in [1.165, 1.54) is 44.2 Å². The van der Waals surface area contributed by atoms with Crippen LogP contribution in [0.2, 0.25) is 10.0 Å². The van der Waals surface area contributed by atoms with Crippen molar-refractivity contribution >= 4 is 40.8 Å². The van der Waals surface area contributed by atoms with E-state index in [9.17, 15) is 9.59 Å². The molecule has 2 aromatic carbocycles. The fourth-order valence-electron chi connectivity index (χ4n) is 3.76. The number of amides is 1. The number of carbonyl (C=O) groups excluding carboxylic acids is 1. The van der Waals surface area contributed by atoms with E-state index in [0.717, 1.165) is 17.5 Å². The van der Waals surface area contributed by atoms with Crippen molar-refractivity contribution in [1.82, 2.24) is 0 Å². The average Bonchev–Trinajstić information content (AvgIpc) is 2.66. The Balaban J connectivity index is 1.80. The van der Waals surface area contributed by atoms with Gasteiger partial charge in [-0.1, -0.05) is 67.4 Å². The molecule has 0 spiro atoms. The summed E-state index contributed by atoms with van der Waals surface area (Å²) >= 11 is 12.3. The van der Waals surface area contributed by atoms with Crippen molar-refractivity contribution < 1.29 is 14.7 Å². The number of carboxylic acid groups (broad SMARTS) is 1. The van der Waals surface area contributed by atoms with Gasteiger partial charge in [0.1, 0.15) is 0 Å². The molecular weight excluding hydrogens is 397 g/mol. The predicted octanol–water partition coefficient (Wildman–Crippen LogP) is 6.38. The third-order valence-corrected chi connectivity index (χ3v) is 5.92. The smallest absolute Gasteiger partial charge is 0.335 e. The number of hydrogen-bond acceptors (Lipinski definition) is 2. The Hall–Kier alpha value is -2.04. The maximum absolute atomic E-state index is 12.9. The van der Waals surface area contributed by atoms with Crippen LogP contribution in [0.15, 0.2) is 30.3 Å². The zero-order valence-corrected chi connectivity index (χ0v) is 17.2. The van der Waals surface area contributed by atoms with E-state index in [1.807, 2.05) is 19.1 Å². The molecule has 148 valence electrons. The van der Waals surface area contributed by atoms with Crippen LogP contribution in [0.5, 0.6) is 0 Å². The second-order valence-electron chi connectivity index (χ2n) is 7.43. The normalized spacial score (nSPS) is 14.7. The van der Waals surface area contributed by atoms with Gasteiger partial charge in [0.15, 0.2) is 0 Å². The first-order valence-electron chi connectivity index (χ1n) is 9.48. The van der Waals surface area contributed by atoms with E-state index >= 15 is 0 Å². The summed E-state index contributed by atoms with van der Waals surface area (Å²) in [6.45, 7) is 1.88. The second kappa shape index (κ2) is 8.97. The van der Waals surface area contributed by atoms with Crippen LogP contribution in [0, 0.1) is 12.8 Å². The Morgan fingerprint density at radius 2 is 1.71 bits per heavy atom. The molecule has 1 amide bonds. The molecule has 0 atom stereocenters. The zero-order chi connectivity index (χ0) is 20.3. The second-order valence-corrected chi connectivity index (χ2v) is 8.25. The zero-order valence-electron chi connectivity index (χ0n) is 15.7. The quantitative estimate of drug-likeness (QED) is 0.590. The van der Waals surface area contributed by atoms with E-state index in [1.54, 1.807) is 0 Å². The number of hydrogen-bond donors (Lipinski definition) is 2. The fourth-order valence-corrected chi connectivity index (χ4v) is 4.34. The summed E-state index contributed by atoms with van der Waals surface area (Å²) in [4.78, 5) is 24.0. The van der Waals surface area contributed by atoms with Gasteiger partial charge in [-0.2, -0.15) is 0 Å². The molecule has 0 saturated heterocycles. The lowest BCUT2D eigenvalue weighted by atomic mass is 9.84. The van der Waals surface area contributed by atoms with Gasteiger partial charge < -0.3 is 10.4 Å². The molecule has 0 aliphatic heterocycles. The van der Waals surface area contributed by atoms with Crippen molar-refractivity contribution in [1.29, 1.82) is 0 Å². The molecule has 0 heterocycles. The summed E-state index contributed by atoms with van der Waals surface area (Å²) in [5.41, 5.74) is 2.78. The number of carboxylic acids is 1. The lowest BCUT2D eigenvalue weighted by Crippen LogP contribution is -2.16. The van der Waals surface area contributed by atoms with Gasteiger partial charge in [0.2, 0.25) is 0 Å². The first kappa shape index (κ1) is 20.7. The minimum absolute atomic E-state index is 0.0290. The highest BCUT2D eigenvalue weighted by molar-refractivity contribution is 6.40. The molecule has 4 nitrogen and oxygen atoms in total. The van der Waals surface area contributed by atoms with Crippen molar-refractivity contribution in [3.8, 4) is 0 Å². The van der Waals surface area contributed by atoms with Crippen molar-refractivity contribution in [2.75, 3.05) is 5.32 Å². The van der Waals surface area contributed by atoms with Crippen LogP contribution in [-0.4, -0.2) is 17.0 Å². The van der Waals surface area contributed by atoms with Crippen LogP contribution in [0.25, 0.3) is 0 Å². The minimum Gasteiger partial charge on any atom is -0.478 e. The van der Waals surface area contributed by atoms with Crippen molar-refractivity contribution in [2.45, 2.75) is 45.4 Å². The molecule has 6 heteroatoms. The Morgan fingerprint density at radius 1 is 1.07 bits per heavy atom. The molecule has 0 radical (unpaired) electrons. The summed E-state index contributed by atoms with van der Waals surface area (Å²) in [7, 11) is 0. The highest BCUT2D eigenvalue weighted by atomic mass is 35.5. The Morgan fingerprint density at radius 3 is 2.32 bits per heavy atom. The highest BCUT2D eigenvalue weighted by Crippen LogP contribution is 2.33. The third kappa shape index (κ3) is 4.86. The number of anilines is 1. The monoisotopic (exact) mass is 419 g/mol. The lowest BCUT2D eigenvalue weighted by molar-refractivity contribution is 0.0696. The van der Waals surface area contributed by atoms with E-state index in [2.05, 4.69) is 11.4 Å². The molecular formula is C22H23Cl2NO3. The molecule has 1 fully saturated rings. The molecule has 28 heavy (non-hydrogen) atoms. The summed E-state index contributed by atoms with van der Waals surface area (Å²) in [6.07, 6.45) is 7.36. The topological polar surface area (TPSA) is 66.4 Å². The van der Waals surface area contributed by atoms with Gasteiger partial charge in [0.25, 0.3) is 5.91 Å².